The van der Waals surface area contributed by atoms with Crippen molar-refractivity contribution in [3.05, 3.63) is 29.8 Å². The summed E-state index contributed by atoms with van der Waals surface area (Å²) in [5, 5.41) is 12.7. The van der Waals surface area contributed by atoms with E-state index in [0.717, 1.165) is 39.0 Å². The molecule has 0 aromatic heterocycles. The van der Waals surface area contributed by atoms with Gasteiger partial charge in [0.05, 0.1) is 0 Å². The Hall–Kier alpha value is -1.06. The van der Waals surface area contributed by atoms with Crippen molar-refractivity contribution in [2.75, 3.05) is 31.1 Å². The largest absolute Gasteiger partial charge is 0.396 e. The number of nitrogens with one attached hydrogen (secondary N) is 1. The first kappa shape index (κ1) is 14.4. The zero-order valence-electron chi connectivity index (χ0n) is 12.2. The van der Waals surface area contributed by atoms with Crippen molar-refractivity contribution in [3.8, 4) is 0 Å². The number of anilines is 1. The topological polar surface area (TPSA) is 35.5 Å². The van der Waals surface area contributed by atoms with E-state index < -0.39 is 0 Å². The van der Waals surface area contributed by atoms with Gasteiger partial charge in [-0.3, -0.25) is 0 Å². The van der Waals surface area contributed by atoms with Crippen molar-refractivity contribution in [2.45, 2.75) is 33.2 Å². The molecule has 1 aliphatic rings. The first-order valence-corrected chi connectivity index (χ1v) is 7.38. The number of rotatable bonds is 8. The fourth-order valence-electron chi connectivity index (χ4n) is 2.45. The lowest BCUT2D eigenvalue weighted by Crippen LogP contribution is -2.26. The fraction of sp³-hybridized carbons (Fsp3) is 0.625. The molecule has 1 saturated carbocycles. The fourth-order valence-corrected chi connectivity index (χ4v) is 2.45. The molecule has 19 heavy (non-hydrogen) atoms. The van der Waals surface area contributed by atoms with E-state index in [2.05, 4.69) is 48.3 Å². The molecule has 3 nitrogen and oxygen atoms in total. The van der Waals surface area contributed by atoms with Crippen LogP contribution in [-0.4, -0.2) is 31.3 Å². The molecule has 0 radical (unpaired) electrons. The molecule has 0 aliphatic heterocycles. The SMILES string of the molecule is CCN(CC)c1ccc(CNCC2(CO)CC2)cc1. The molecule has 0 amide bonds. The smallest absolute Gasteiger partial charge is 0.0499 e. The summed E-state index contributed by atoms with van der Waals surface area (Å²) >= 11 is 0. The van der Waals surface area contributed by atoms with Gasteiger partial charge < -0.3 is 15.3 Å². The molecule has 1 aromatic rings. The van der Waals surface area contributed by atoms with Gasteiger partial charge in [0, 0.05) is 43.9 Å². The lowest BCUT2D eigenvalue weighted by molar-refractivity contribution is 0.207. The van der Waals surface area contributed by atoms with Crippen LogP contribution in [0.3, 0.4) is 0 Å². The number of hydrogen-bond acceptors (Lipinski definition) is 3. The van der Waals surface area contributed by atoms with Gasteiger partial charge in [0.1, 0.15) is 0 Å². The normalized spacial score (nSPS) is 16.4. The van der Waals surface area contributed by atoms with Crippen LogP contribution in [-0.2, 0) is 6.54 Å². The van der Waals surface area contributed by atoms with Crippen LogP contribution in [0.4, 0.5) is 5.69 Å². The van der Waals surface area contributed by atoms with E-state index in [-0.39, 0.29) is 5.41 Å². The van der Waals surface area contributed by atoms with Crippen molar-refractivity contribution in [2.24, 2.45) is 5.41 Å². The molecule has 2 rings (SSSR count). The number of aliphatic hydroxyl groups is 1. The minimum atomic E-state index is 0.196. The van der Waals surface area contributed by atoms with Crippen molar-refractivity contribution >= 4 is 5.69 Å². The van der Waals surface area contributed by atoms with E-state index in [1.165, 1.54) is 11.3 Å². The Kier molecular flexibility index (Phi) is 4.83. The lowest BCUT2D eigenvalue weighted by Gasteiger charge is -2.21. The monoisotopic (exact) mass is 262 g/mol. The van der Waals surface area contributed by atoms with Crippen LogP contribution in [0.1, 0.15) is 32.3 Å². The highest BCUT2D eigenvalue weighted by Crippen LogP contribution is 2.44. The minimum absolute atomic E-state index is 0.196. The molecule has 0 heterocycles. The summed E-state index contributed by atoms with van der Waals surface area (Å²) in [6.07, 6.45) is 2.33. The Balaban J connectivity index is 1.81. The third-order valence-electron chi connectivity index (χ3n) is 4.19. The van der Waals surface area contributed by atoms with Crippen molar-refractivity contribution < 1.29 is 5.11 Å². The average Bonchev–Trinajstić information content (AvgIpc) is 3.22. The predicted molar refractivity (Wildman–Crippen MR) is 80.5 cm³/mol. The highest BCUT2D eigenvalue weighted by molar-refractivity contribution is 5.47. The van der Waals surface area contributed by atoms with Gasteiger partial charge in [-0.25, -0.2) is 0 Å². The second kappa shape index (κ2) is 6.40. The zero-order chi connectivity index (χ0) is 13.7. The van der Waals surface area contributed by atoms with E-state index in [4.69, 9.17) is 0 Å². The Morgan fingerprint density at radius 3 is 2.26 bits per heavy atom. The number of nitrogens with zero attached hydrogens (tertiary/aromatic N) is 1. The van der Waals surface area contributed by atoms with Gasteiger partial charge in [0.2, 0.25) is 0 Å². The maximum Gasteiger partial charge on any atom is 0.0499 e. The van der Waals surface area contributed by atoms with Crippen LogP contribution < -0.4 is 10.2 Å². The maximum atomic E-state index is 9.26. The van der Waals surface area contributed by atoms with Crippen molar-refractivity contribution in [3.63, 3.8) is 0 Å². The Morgan fingerprint density at radius 1 is 1.16 bits per heavy atom. The van der Waals surface area contributed by atoms with E-state index in [1.54, 1.807) is 0 Å². The molecule has 3 heteroatoms. The summed E-state index contributed by atoms with van der Waals surface area (Å²) in [5.41, 5.74) is 2.80. The van der Waals surface area contributed by atoms with Crippen LogP contribution in [0.25, 0.3) is 0 Å². The van der Waals surface area contributed by atoms with Gasteiger partial charge >= 0.3 is 0 Å². The van der Waals surface area contributed by atoms with Gasteiger partial charge in [-0.1, -0.05) is 12.1 Å². The van der Waals surface area contributed by atoms with E-state index in [1.807, 2.05) is 0 Å². The molecule has 0 spiro atoms. The molecule has 1 aliphatic carbocycles. The van der Waals surface area contributed by atoms with Gasteiger partial charge in [-0.2, -0.15) is 0 Å². The Labute approximate surface area is 116 Å². The van der Waals surface area contributed by atoms with E-state index in [0.29, 0.717) is 6.61 Å². The highest BCUT2D eigenvalue weighted by atomic mass is 16.3. The number of benzene rings is 1. The molecular weight excluding hydrogens is 236 g/mol. The molecule has 1 fully saturated rings. The van der Waals surface area contributed by atoms with Gasteiger partial charge in [-0.15, -0.1) is 0 Å². The summed E-state index contributed by atoms with van der Waals surface area (Å²) in [6.45, 7) is 8.61. The van der Waals surface area contributed by atoms with Crippen molar-refractivity contribution in [1.82, 2.24) is 5.32 Å². The Morgan fingerprint density at radius 2 is 1.79 bits per heavy atom. The van der Waals surface area contributed by atoms with E-state index >= 15 is 0 Å². The molecule has 2 N–H and O–H groups in total. The molecule has 0 atom stereocenters. The molecule has 0 saturated heterocycles. The van der Waals surface area contributed by atoms with Gasteiger partial charge in [0.15, 0.2) is 0 Å². The van der Waals surface area contributed by atoms with Gasteiger partial charge in [-0.05, 0) is 44.4 Å². The third kappa shape index (κ3) is 3.71. The van der Waals surface area contributed by atoms with Crippen molar-refractivity contribution in [1.29, 1.82) is 0 Å². The lowest BCUT2D eigenvalue weighted by atomic mass is 10.1. The molecule has 0 unspecified atom stereocenters. The maximum absolute atomic E-state index is 9.26. The molecular formula is C16H26N2O. The highest BCUT2D eigenvalue weighted by Gasteiger charge is 2.41. The first-order chi connectivity index (χ1) is 9.23. The molecule has 106 valence electrons. The number of hydrogen-bond donors (Lipinski definition) is 2. The summed E-state index contributed by atoms with van der Waals surface area (Å²) in [6, 6.07) is 8.78. The van der Waals surface area contributed by atoms with Gasteiger partial charge in [0.25, 0.3) is 0 Å². The number of aliphatic hydroxyl groups excluding tert-OH is 1. The van der Waals surface area contributed by atoms with Crippen LogP contribution >= 0.6 is 0 Å². The predicted octanol–water partition coefficient (Wildman–Crippen LogP) is 2.39. The molecule has 1 aromatic carbocycles. The summed E-state index contributed by atoms with van der Waals surface area (Å²) < 4.78 is 0. The summed E-state index contributed by atoms with van der Waals surface area (Å²) in [4.78, 5) is 2.35. The minimum Gasteiger partial charge on any atom is -0.396 e. The standard InChI is InChI=1S/C16H26N2O/c1-3-18(4-2)15-7-5-14(6-8-15)11-17-12-16(13-19)9-10-16/h5-8,17,19H,3-4,9-13H2,1-2H3. The first-order valence-electron chi connectivity index (χ1n) is 7.38. The summed E-state index contributed by atoms with van der Waals surface area (Å²) in [5.74, 6) is 0. The quantitative estimate of drug-likeness (QED) is 0.755. The second-order valence-corrected chi connectivity index (χ2v) is 5.60. The average molecular weight is 262 g/mol. The molecule has 0 bridgehead atoms. The second-order valence-electron chi connectivity index (χ2n) is 5.60. The van der Waals surface area contributed by atoms with Crippen LogP contribution in [0.5, 0.6) is 0 Å². The van der Waals surface area contributed by atoms with Crippen LogP contribution in [0.15, 0.2) is 24.3 Å². The zero-order valence-corrected chi connectivity index (χ0v) is 12.2. The Bertz CT molecular complexity index is 380. The summed E-state index contributed by atoms with van der Waals surface area (Å²) in [7, 11) is 0. The van der Waals surface area contributed by atoms with Crippen LogP contribution in [0.2, 0.25) is 0 Å². The van der Waals surface area contributed by atoms with Crippen LogP contribution in [0, 0.1) is 5.41 Å². The third-order valence-corrected chi connectivity index (χ3v) is 4.19. The van der Waals surface area contributed by atoms with E-state index in [9.17, 15) is 5.11 Å².